The molecular formula is C22H28N2O4S. The number of rotatable bonds is 4. The lowest BCUT2D eigenvalue weighted by Crippen LogP contribution is -2.44. The predicted octanol–water partition coefficient (Wildman–Crippen LogP) is 2.74. The Hall–Kier alpha value is -1.93. The van der Waals surface area contributed by atoms with E-state index in [0.29, 0.717) is 36.7 Å². The van der Waals surface area contributed by atoms with Gasteiger partial charge < -0.3 is 15.6 Å². The number of nitrogens with two attached hydrogens (primary N) is 1. The number of fused-ring (bicyclic) bond motifs is 1. The summed E-state index contributed by atoms with van der Waals surface area (Å²) in [4.78, 5) is 0.338. The van der Waals surface area contributed by atoms with Crippen LogP contribution in [0.15, 0.2) is 47.4 Å². The molecule has 0 amide bonds. The van der Waals surface area contributed by atoms with E-state index in [1.165, 1.54) is 0 Å². The lowest BCUT2D eigenvalue weighted by Gasteiger charge is -2.40. The van der Waals surface area contributed by atoms with Gasteiger partial charge in [0.25, 0.3) is 0 Å². The summed E-state index contributed by atoms with van der Waals surface area (Å²) in [7, 11) is -3.46. The highest BCUT2D eigenvalue weighted by atomic mass is 32.2. The molecule has 1 saturated heterocycles. The summed E-state index contributed by atoms with van der Waals surface area (Å²) in [6, 6.07) is 12.5. The number of hydrogen-bond donors (Lipinski definition) is 2. The van der Waals surface area contributed by atoms with E-state index >= 15 is 0 Å². The third-order valence-corrected chi connectivity index (χ3v) is 8.14. The van der Waals surface area contributed by atoms with E-state index in [1.807, 2.05) is 25.1 Å². The number of nitrogens with zero attached hydrogens (tertiary/aromatic N) is 1. The van der Waals surface area contributed by atoms with Gasteiger partial charge in [0.2, 0.25) is 10.0 Å². The highest BCUT2D eigenvalue weighted by Crippen LogP contribution is 2.40. The number of aryl methyl sites for hydroxylation is 1. The van der Waals surface area contributed by atoms with Crippen LogP contribution in [0.5, 0.6) is 5.75 Å². The molecule has 0 unspecified atom stereocenters. The summed E-state index contributed by atoms with van der Waals surface area (Å²) in [6.07, 6.45) is 1.80. The number of aromatic hydroxyl groups is 1. The van der Waals surface area contributed by atoms with E-state index in [4.69, 9.17) is 10.5 Å². The average Bonchev–Trinajstić information content (AvgIpc) is 2.76. The SMILES string of the molecule is Cc1ccc2c(c1O)C[C@@H](C1CCN(S(=O)(=O)c3ccccc3)CC1)O[C@H]2CN. The van der Waals surface area contributed by atoms with Crippen molar-refractivity contribution >= 4 is 10.0 Å². The molecule has 2 aliphatic heterocycles. The molecule has 0 spiro atoms. The predicted molar refractivity (Wildman–Crippen MR) is 111 cm³/mol. The first kappa shape index (κ1) is 20.3. The van der Waals surface area contributed by atoms with Gasteiger partial charge in [-0.05, 0) is 48.9 Å². The summed E-state index contributed by atoms with van der Waals surface area (Å²) < 4.78 is 33.6. The van der Waals surface area contributed by atoms with Crippen molar-refractivity contribution in [3.05, 3.63) is 59.2 Å². The van der Waals surface area contributed by atoms with Crippen LogP contribution in [0.4, 0.5) is 0 Å². The zero-order valence-corrected chi connectivity index (χ0v) is 17.4. The summed E-state index contributed by atoms with van der Waals surface area (Å²) in [5.41, 5.74) is 8.69. The van der Waals surface area contributed by atoms with Crippen molar-refractivity contribution < 1.29 is 18.3 Å². The van der Waals surface area contributed by atoms with Crippen LogP contribution in [0.1, 0.15) is 35.6 Å². The zero-order chi connectivity index (χ0) is 20.6. The Kier molecular flexibility index (Phi) is 5.66. The number of hydrogen-bond acceptors (Lipinski definition) is 5. The van der Waals surface area contributed by atoms with E-state index in [1.54, 1.807) is 28.6 Å². The quantitative estimate of drug-likeness (QED) is 0.799. The Morgan fingerprint density at radius 3 is 2.48 bits per heavy atom. The first-order valence-electron chi connectivity index (χ1n) is 10.1. The van der Waals surface area contributed by atoms with Crippen LogP contribution >= 0.6 is 0 Å². The number of phenolic OH excluding ortho intramolecular Hbond substituents is 1. The summed E-state index contributed by atoms with van der Waals surface area (Å²) in [5.74, 6) is 0.567. The molecule has 156 valence electrons. The van der Waals surface area contributed by atoms with Crippen LogP contribution in [0.2, 0.25) is 0 Å². The largest absolute Gasteiger partial charge is 0.507 e. The molecule has 2 atom stereocenters. The molecule has 4 rings (SSSR count). The van der Waals surface area contributed by atoms with E-state index in [-0.39, 0.29) is 18.1 Å². The topological polar surface area (TPSA) is 92.9 Å². The molecule has 0 bridgehead atoms. The fraction of sp³-hybridized carbons (Fsp3) is 0.455. The van der Waals surface area contributed by atoms with Crippen molar-refractivity contribution in [1.29, 1.82) is 0 Å². The Labute approximate surface area is 172 Å². The molecule has 6 nitrogen and oxygen atoms in total. The average molecular weight is 417 g/mol. The van der Waals surface area contributed by atoms with Gasteiger partial charge in [-0.1, -0.05) is 30.3 Å². The smallest absolute Gasteiger partial charge is 0.243 e. The molecule has 3 N–H and O–H groups in total. The van der Waals surface area contributed by atoms with Crippen molar-refractivity contribution in [3.63, 3.8) is 0 Å². The van der Waals surface area contributed by atoms with Crippen molar-refractivity contribution in [2.75, 3.05) is 19.6 Å². The normalized spacial score (nSPS) is 23.7. The standard InChI is InChI=1S/C22H28N2O4S/c1-15-7-8-18-19(22(15)25)13-20(28-21(18)14-23)16-9-11-24(12-10-16)29(26,27)17-5-3-2-4-6-17/h2-8,16,20-21,25H,9-14,23H2,1H3/t20-,21-/m0/s1. The van der Waals surface area contributed by atoms with E-state index in [2.05, 4.69) is 0 Å². The van der Waals surface area contributed by atoms with Gasteiger partial charge in [0.05, 0.1) is 17.1 Å². The maximum absolute atomic E-state index is 12.9. The number of piperidine rings is 1. The van der Waals surface area contributed by atoms with E-state index in [9.17, 15) is 13.5 Å². The second kappa shape index (κ2) is 8.07. The molecule has 0 aliphatic carbocycles. The maximum Gasteiger partial charge on any atom is 0.243 e. The summed E-state index contributed by atoms with van der Waals surface area (Å²) in [5, 5.41) is 10.6. The fourth-order valence-corrected chi connectivity index (χ4v) is 6.00. The molecule has 2 aliphatic rings. The molecule has 7 heteroatoms. The van der Waals surface area contributed by atoms with Gasteiger partial charge in [0.15, 0.2) is 0 Å². The number of benzene rings is 2. The van der Waals surface area contributed by atoms with Crippen LogP contribution in [-0.2, 0) is 21.2 Å². The van der Waals surface area contributed by atoms with Crippen LogP contribution in [0.25, 0.3) is 0 Å². The van der Waals surface area contributed by atoms with Crippen LogP contribution in [-0.4, -0.2) is 43.6 Å². The van der Waals surface area contributed by atoms with Gasteiger partial charge in [0, 0.05) is 31.6 Å². The van der Waals surface area contributed by atoms with Crippen LogP contribution in [0.3, 0.4) is 0 Å². The van der Waals surface area contributed by atoms with Crippen molar-refractivity contribution in [2.45, 2.75) is 43.3 Å². The molecule has 0 radical (unpaired) electrons. The monoisotopic (exact) mass is 416 g/mol. The minimum Gasteiger partial charge on any atom is -0.507 e. The maximum atomic E-state index is 12.9. The van der Waals surface area contributed by atoms with Gasteiger partial charge in [-0.3, -0.25) is 0 Å². The van der Waals surface area contributed by atoms with Gasteiger partial charge in [-0.15, -0.1) is 0 Å². The Balaban J connectivity index is 1.48. The summed E-state index contributed by atoms with van der Waals surface area (Å²) >= 11 is 0. The van der Waals surface area contributed by atoms with E-state index in [0.717, 1.165) is 29.5 Å². The molecule has 29 heavy (non-hydrogen) atoms. The van der Waals surface area contributed by atoms with Crippen molar-refractivity contribution in [2.24, 2.45) is 11.7 Å². The third-order valence-electron chi connectivity index (χ3n) is 6.23. The molecule has 0 saturated carbocycles. The lowest BCUT2D eigenvalue weighted by molar-refractivity contribution is -0.0612. The third kappa shape index (κ3) is 3.80. The van der Waals surface area contributed by atoms with Crippen molar-refractivity contribution in [3.8, 4) is 5.75 Å². The molecule has 2 aromatic carbocycles. The second-order valence-corrected chi connectivity index (χ2v) is 9.89. The fourth-order valence-electron chi connectivity index (χ4n) is 4.51. The van der Waals surface area contributed by atoms with Gasteiger partial charge in [0.1, 0.15) is 5.75 Å². The Morgan fingerprint density at radius 2 is 1.83 bits per heavy atom. The first-order chi connectivity index (χ1) is 13.9. The minimum atomic E-state index is -3.46. The molecular weight excluding hydrogens is 388 g/mol. The van der Waals surface area contributed by atoms with Crippen LogP contribution in [0, 0.1) is 12.8 Å². The first-order valence-corrected chi connectivity index (χ1v) is 11.6. The molecule has 2 heterocycles. The van der Waals surface area contributed by atoms with Gasteiger partial charge >= 0.3 is 0 Å². The Morgan fingerprint density at radius 1 is 1.14 bits per heavy atom. The molecule has 1 fully saturated rings. The van der Waals surface area contributed by atoms with E-state index < -0.39 is 10.0 Å². The lowest BCUT2D eigenvalue weighted by atomic mass is 9.83. The van der Waals surface area contributed by atoms with Crippen molar-refractivity contribution in [1.82, 2.24) is 4.31 Å². The highest BCUT2D eigenvalue weighted by molar-refractivity contribution is 7.89. The van der Waals surface area contributed by atoms with Gasteiger partial charge in [-0.2, -0.15) is 4.31 Å². The second-order valence-electron chi connectivity index (χ2n) is 7.96. The van der Waals surface area contributed by atoms with Gasteiger partial charge in [-0.25, -0.2) is 8.42 Å². The van der Waals surface area contributed by atoms with Crippen LogP contribution < -0.4 is 5.73 Å². The zero-order valence-electron chi connectivity index (χ0n) is 16.6. The number of sulfonamides is 1. The Bertz CT molecular complexity index is 970. The molecule has 0 aromatic heterocycles. The minimum absolute atomic E-state index is 0.0645. The summed E-state index contributed by atoms with van der Waals surface area (Å²) in [6.45, 7) is 3.20. The molecule has 2 aromatic rings. The number of phenols is 1. The number of ether oxygens (including phenoxy) is 1. The highest BCUT2D eigenvalue weighted by Gasteiger charge is 2.37.